The Bertz CT molecular complexity index is 874. The lowest BCUT2D eigenvalue weighted by Crippen LogP contribution is -2.38. The molecule has 0 saturated carbocycles. The maximum Gasteiger partial charge on any atom is 0.322 e. The van der Waals surface area contributed by atoms with Gasteiger partial charge in [0.2, 0.25) is 0 Å². The Morgan fingerprint density at radius 2 is 2.33 bits per heavy atom. The number of nitrogens with zero attached hydrogens (tertiary/aromatic N) is 3. The van der Waals surface area contributed by atoms with E-state index in [0.29, 0.717) is 41.7 Å². The van der Waals surface area contributed by atoms with Gasteiger partial charge in [-0.25, -0.2) is 9.78 Å². The number of hydrogen-bond acceptors (Lipinski definition) is 4. The molecule has 0 radical (unpaired) electrons. The fourth-order valence-corrected chi connectivity index (χ4v) is 2.96. The van der Waals surface area contributed by atoms with Crippen molar-refractivity contribution in [3.63, 3.8) is 0 Å². The molecule has 0 unspecified atom stereocenters. The molecule has 1 aromatic carbocycles. The smallest absolute Gasteiger partial charge is 0.322 e. The van der Waals surface area contributed by atoms with Gasteiger partial charge >= 0.3 is 6.03 Å². The zero-order valence-corrected chi connectivity index (χ0v) is 13.4. The summed E-state index contributed by atoms with van der Waals surface area (Å²) in [5.41, 5.74) is 3.34. The number of fused-ring (bicyclic) bond motifs is 1. The molecule has 0 aliphatic carbocycles. The van der Waals surface area contributed by atoms with Gasteiger partial charge in [-0.3, -0.25) is 5.10 Å². The summed E-state index contributed by atoms with van der Waals surface area (Å²) in [4.78, 5) is 18.2. The molecule has 1 aliphatic heterocycles. The standard InChI is InChI=1S/C16H14ClN5O2/c17-10-2-1-3-11(6-10)19-16(23)22-5-4-13-12(8-22)15(21-20-13)14-7-18-9-24-14/h1-3,6-7,9H,4-5,8H2,(H,19,23)(H,20,21). The third-order valence-electron chi connectivity index (χ3n) is 3.96. The lowest BCUT2D eigenvalue weighted by Gasteiger charge is -2.27. The van der Waals surface area contributed by atoms with E-state index in [1.165, 1.54) is 6.39 Å². The summed E-state index contributed by atoms with van der Waals surface area (Å²) >= 11 is 5.95. The van der Waals surface area contributed by atoms with Crippen molar-refractivity contribution in [3.8, 4) is 11.5 Å². The van der Waals surface area contributed by atoms with Crippen LogP contribution < -0.4 is 5.32 Å². The third-order valence-corrected chi connectivity index (χ3v) is 4.20. The van der Waals surface area contributed by atoms with Gasteiger partial charge in [-0.1, -0.05) is 17.7 Å². The number of H-pyrrole nitrogens is 1. The number of aromatic nitrogens is 3. The Labute approximate surface area is 142 Å². The summed E-state index contributed by atoms with van der Waals surface area (Å²) in [7, 11) is 0. The molecule has 4 rings (SSSR count). The quantitative estimate of drug-likeness (QED) is 0.747. The Morgan fingerprint density at radius 3 is 3.12 bits per heavy atom. The topological polar surface area (TPSA) is 87.0 Å². The molecule has 3 heterocycles. The average molecular weight is 344 g/mol. The number of urea groups is 1. The number of benzene rings is 1. The van der Waals surface area contributed by atoms with Crippen LogP contribution in [-0.2, 0) is 13.0 Å². The van der Waals surface area contributed by atoms with E-state index in [2.05, 4.69) is 20.5 Å². The molecule has 0 spiro atoms. The second-order valence-electron chi connectivity index (χ2n) is 5.51. The number of rotatable bonds is 2. The molecular formula is C16H14ClN5O2. The molecule has 7 nitrogen and oxygen atoms in total. The van der Waals surface area contributed by atoms with Crippen LogP contribution in [0, 0.1) is 0 Å². The normalized spacial score (nSPS) is 13.6. The minimum atomic E-state index is -0.173. The van der Waals surface area contributed by atoms with Crippen LogP contribution in [0.3, 0.4) is 0 Å². The van der Waals surface area contributed by atoms with Gasteiger partial charge in [-0.05, 0) is 18.2 Å². The highest BCUT2D eigenvalue weighted by Gasteiger charge is 2.26. The minimum Gasteiger partial charge on any atom is -0.442 e. The Balaban J connectivity index is 1.53. The largest absolute Gasteiger partial charge is 0.442 e. The van der Waals surface area contributed by atoms with Crippen LogP contribution in [0.15, 0.2) is 41.3 Å². The first-order chi connectivity index (χ1) is 11.7. The van der Waals surface area contributed by atoms with Crippen LogP contribution in [0.5, 0.6) is 0 Å². The van der Waals surface area contributed by atoms with Crippen molar-refractivity contribution in [2.75, 3.05) is 11.9 Å². The Morgan fingerprint density at radius 1 is 1.42 bits per heavy atom. The minimum absolute atomic E-state index is 0.173. The van der Waals surface area contributed by atoms with Crippen LogP contribution in [0.4, 0.5) is 10.5 Å². The number of aromatic amines is 1. The fourth-order valence-electron chi connectivity index (χ4n) is 2.77. The molecule has 2 amide bonds. The van der Waals surface area contributed by atoms with Gasteiger partial charge in [-0.15, -0.1) is 0 Å². The van der Waals surface area contributed by atoms with Crippen molar-refractivity contribution >= 4 is 23.3 Å². The molecule has 1 aliphatic rings. The van der Waals surface area contributed by atoms with Crippen LogP contribution in [0.2, 0.25) is 5.02 Å². The highest BCUT2D eigenvalue weighted by atomic mass is 35.5. The van der Waals surface area contributed by atoms with Gasteiger partial charge in [0.25, 0.3) is 0 Å². The van der Waals surface area contributed by atoms with Crippen molar-refractivity contribution in [2.45, 2.75) is 13.0 Å². The molecular weight excluding hydrogens is 330 g/mol. The number of hydrogen-bond donors (Lipinski definition) is 2. The number of nitrogens with one attached hydrogen (secondary N) is 2. The van der Waals surface area contributed by atoms with Crippen LogP contribution in [0.1, 0.15) is 11.3 Å². The van der Waals surface area contributed by atoms with Gasteiger partial charge in [0.15, 0.2) is 12.2 Å². The predicted octanol–water partition coefficient (Wildman–Crippen LogP) is 3.31. The Hall–Kier alpha value is -2.80. The van der Waals surface area contributed by atoms with Gasteiger partial charge in [-0.2, -0.15) is 5.10 Å². The second-order valence-corrected chi connectivity index (χ2v) is 5.94. The van der Waals surface area contributed by atoms with Crippen molar-refractivity contribution in [1.29, 1.82) is 0 Å². The molecule has 122 valence electrons. The maximum absolute atomic E-state index is 12.5. The van der Waals surface area contributed by atoms with Crippen LogP contribution in [-0.4, -0.2) is 32.7 Å². The predicted molar refractivity (Wildman–Crippen MR) is 88.7 cm³/mol. The Kier molecular flexibility index (Phi) is 3.70. The lowest BCUT2D eigenvalue weighted by atomic mass is 10.0. The first kappa shape index (κ1) is 14.8. The molecule has 0 fully saturated rings. The van der Waals surface area contributed by atoms with E-state index < -0.39 is 0 Å². The van der Waals surface area contributed by atoms with Crippen molar-refractivity contribution < 1.29 is 9.21 Å². The van der Waals surface area contributed by atoms with Crippen molar-refractivity contribution in [3.05, 3.63) is 53.1 Å². The van der Waals surface area contributed by atoms with E-state index in [-0.39, 0.29) is 6.03 Å². The summed E-state index contributed by atoms with van der Waals surface area (Å²) in [5, 5.41) is 10.8. The first-order valence-corrected chi connectivity index (χ1v) is 7.85. The fraction of sp³-hybridized carbons (Fsp3) is 0.188. The summed E-state index contributed by atoms with van der Waals surface area (Å²) in [6.45, 7) is 1.06. The van der Waals surface area contributed by atoms with Gasteiger partial charge in [0, 0.05) is 34.9 Å². The van der Waals surface area contributed by atoms with E-state index in [0.717, 1.165) is 11.3 Å². The summed E-state index contributed by atoms with van der Waals surface area (Å²) in [6, 6.07) is 6.90. The second kappa shape index (κ2) is 6.01. The van der Waals surface area contributed by atoms with Gasteiger partial charge in [0.05, 0.1) is 12.7 Å². The molecule has 0 saturated heterocycles. The van der Waals surface area contributed by atoms with E-state index in [1.807, 2.05) is 0 Å². The molecule has 8 heteroatoms. The number of amides is 2. The van der Waals surface area contributed by atoms with Crippen molar-refractivity contribution in [2.24, 2.45) is 0 Å². The summed E-state index contributed by atoms with van der Waals surface area (Å²) in [6.07, 6.45) is 3.68. The summed E-state index contributed by atoms with van der Waals surface area (Å²) in [5.74, 6) is 0.588. The zero-order valence-electron chi connectivity index (χ0n) is 12.6. The van der Waals surface area contributed by atoms with E-state index in [1.54, 1.807) is 35.4 Å². The highest BCUT2D eigenvalue weighted by Crippen LogP contribution is 2.28. The van der Waals surface area contributed by atoms with Crippen LogP contribution in [0.25, 0.3) is 11.5 Å². The molecule has 3 aromatic rings. The van der Waals surface area contributed by atoms with E-state index >= 15 is 0 Å². The SMILES string of the molecule is O=C(Nc1cccc(Cl)c1)N1CCc2[nH]nc(-c3cnco3)c2C1. The lowest BCUT2D eigenvalue weighted by molar-refractivity contribution is 0.206. The molecule has 2 N–H and O–H groups in total. The van der Waals surface area contributed by atoms with Gasteiger partial charge in [0.1, 0.15) is 5.69 Å². The average Bonchev–Trinajstić information content (AvgIpc) is 3.23. The molecule has 0 bridgehead atoms. The number of halogens is 1. The third kappa shape index (κ3) is 2.74. The number of oxazole rings is 1. The van der Waals surface area contributed by atoms with Gasteiger partial charge < -0.3 is 14.6 Å². The molecule has 24 heavy (non-hydrogen) atoms. The summed E-state index contributed by atoms with van der Waals surface area (Å²) < 4.78 is 5.32. The number of carbonyl (C=O) groups is 1. The van der Waals surface area contributed by atoms with E-state index in [4.69, 9.17) is 16.0 Å². The molecule has 0 atom stereocenters. The highest BCUT2D eigenvalue weighted by molar-refractivity contribution is 6.30. The van der Waals surface area contributed by atoms with Crippen molar-refractivity contribution in [1.82, 2.24) is 20.1 Å². The zero-order chi connectivity index (χ0) is 16.5. The maximum atomic E-state index is 12.5. The molecule has 2 aromatic heterocycles. The van der Waals surface area contributed by atoms with E-state index in [9.17, 15) is 4.79 Å². The number of carbonyl (C=O) groups excluding carboxylic acids is 1. The first-order valence-electron chi connectivity index (χ1n) is 7.47. The van der Waals surface area contributed by atoms with Crippen LogP contribution >= 0.6 is 11.6 Å². The number of anilines is 1. The monoisotopic (exact) mass is 343 g/mol.